The van der Waals surface area contributed by atoms with E-state index in [1.54, 1.807) is 24.3 Å². The zero-order valence-electron chi connectivity index (χ0n) is 14.6. The molecule has 5 nitrogen and oxygen atoms in total. The first-order valence-corrected chi connectivity index (χ1v) is 10.2. The van der Waals surface area contributed by atoms with Gasteiger partial charge in [0.25, 0.3) is 10.0 Å². The van der Waals surface area contributed by atoms with E-state index in [1.165, 1.54) is 13.1 Å². The van der Waals surface area contributed by atoms with Gasteiger partial charge in [0.05, 0.1) is 21.9 Å². The molecular weight excluding hydrogens is 374 g/mol. The van der Waals surface area contributed by atoms with Gasteiger partial charge in [0.1, 0.15) is 18.7 Å². The van der Waals surface area contributed by atoms with Crippen LogP contribution in [0.2, 0.25) is 0 Å². The van der Waals surface area contributed by atoms with E-state index in [9.17, 15) is 13.2 Å². The van der Waals surface area contributed by atoms with Crippen molar-refractivity contribution >= 4 is 33.7 Å². The predicted octanol–water partition coefficient (Wildman–Crippen LogP) is 3.34. The maximum absolute atomic E-state index is 13.1. The molecule has 1 atom stereocenters. The average Bonchev–Trinajstić information content (AvgIpc) is 2.65. The molecule has 0 spiro atoms. The number of sulfonamides is 1. The maximum Gasteiger partial charge on any atom is 0.264 e. The van der Waals surface area contributed by atoms with E-state index in [0.717, 1.165) is 16.2 Å². The average molecular weight is 394 g/mol. The number of fused-ring (bicyclic) bond motifs is 1. The van der Waals surface area contributed by atoms with Crippen LogP contribution >= 0.6 is 11.6 Å². The van der Waals surface area contributed by atoms with Crippen molar-refractivity contribution in [2.24, 2.45) is 5.41 Å². The fraction of sp³-hybridized carbons (Fsp3) is 0.316. The van der Waals surface area contributed by atoms with Crippen LogP contribution in [0.4, 0.5) is 0 Å². The highest BCUT2D eigenvalue weighted by molar-refractivity contribution is 7.89. The smallest absolute Gasteiger partial charge is 0.264 e. The number of halogens is 1. The predicted molar refractivity (Wildman–Crippen MR) is 101 cm³/mol. The van der Waals surface area contributed by atoms with Gasteiger partial charge in [-0.25, -0.2) is 8.42 Å². The third-order valence-electron chi connectivity index (χ3n) is 4.68. The van der Waals surface area contributed by atoms with Crippen molar-refractivity contribution in [1.29, 1.82) is 0 Å². The lowest BCUT2D eigenvalue weighted by Gasteiger charge is -2.39. The Labute approximate surface area is 158 Å². The summed E-state index contributed by atoms with van der Waals surface area (Å²) >= 11 is 5.79. The SMILES string of the molecule is CC1=CCC(C=O)(C2=C(OCCCl)c3ccccc3S(=O)(=O)N2C)C=C1. The normalized spacial score (nSPS) is 24.1. The lowest BCUT2D eigenvalue weighted by molar-refractivity contribution is -0.113. The fourth-order valence-corrected chi connectivity index (χ4v) is 4.83. The highest BCUT2D eigenvalue weighted by atomic mass is 35.5. The van der Waals surface area contributed by atoms with Gasteiger partial charge in [-0.05, 0) is 25.5 Å². The van der Waals surface area contributed by atoms with Crippen LogP contribution in [0.1, 0.15) is 18.9 Å². The monoisotopic (exact) mass is 393 g/mol. The summed E-state index contributed by atoms with van der Waals surface area (Å²) in [4.78, 5) is 12.3. The molecule has 0 aromatic heterocycles. The van der Waals surface area contributed by atoms with Gasteiger partial charge >= 0.3 is 0 Å². The lowest BCUT2D eigenvalue weighted by atomic mass is 9.77. The van der Waals surface area contributed by atoms with Gasteiger partial charge < -0.3 is 9.53 Å². The summed E-state index contributed by atoms with van der Waals surface area (Å²) in [6.07, 6.45) is 6.64. The second kappa shape index (κ2) is 6.93. The topological polar surface area (TPSA) is 63.7 Å². The molecule has 0 amide bonds. The van der Waals surface area contributed by atoms with Crippen LogP contribution in [0, 0.1) is 5.41 Å². The summed E-state index contributed by atoms with van der Waals surface area (Å²) in [5.41, 5.74) is 0.673. The number of carbonyl (C=O) groups is 1. The number of ether oxygens (including phenoxy) is 1. The molecule has 0 saturated heterocycles. The molecule has 0 radical (unpaired) electrons. The first-order chi connectivity index (χ1) is 12.4. The summed E-state index contributed by atoms with van der Waals surface area (Å²) < 4.78 is 33.1. The van der Waals surface area contributed by atoms with Crippen LogP contribution in [0.3, 0.4) is 0 Å². The zero-order chi connectivity index (χ0) is 18.9. The van der Waals surface area contributed by atoms with Gasteiger partial charge in [-0.1, -0.05) is 35.9 Å². The lowest BCUT2D eigenvalue weighted by Crippen LogP contribution is -2.41. The quantitative estimate of drug-likeness (QED) is 0.568. The number of rotatable bonds is 5. The van der Waals surface area contributed by atoms with E-state index < -0.39 is 15.4 Å². The Morgan fingerprint density at radius 3 is 2.69 bits per heavy atom. The highest BCUT2D eigenvalue weighted by Crippen LogP contribution is 2.47. The van der Waals surface area contributed by atoms with Crippen molar-refractivity contribution in [3.8, 4) is 0 Å². The van der Waals surface area contributed by atoms with E-state index in [-0.39, 0.29) is 17.4 Å². The molecule has 0 bridgehead atoms. The number of carbonyl (C=O) groups excluding carboxylic acids is 1. The summed E-state index contributed by atoms with van der Waals surface area (Å²) in [6.45, 7) is 2.14. The van der Waals surface area contributed by atoms with E-state index >= 15 is 0 Å². The number of nitrogens with zero attached hydrogens (tertiary/aromatic N) is 1. The molecule has 1 aromatic carbocycles. The van der Waals surface area contributed by atoms with E-state index in [1.807, 2.05) is 19.1 Å². The summed E-state index contributed by atoms with van der Waals surface area (Å²) in [5.74, 6) is 0.626. The van der Waals surface area contributed by atoms with Crippen LogP contribution in [0.25, 0.3) is 5.76 Å². The minimum Gasteiger partial charge on any atom is -0.490 e. The zero-order valence-corrected chi connectivity index (χ0v) is 16.2. The molecule has 1 heterocycles. The molecule has 138 valence electrons. The minimum absolute atomic E-state index is 0.156. The summed E-state index contributed by atoms with van der Waals surface area (Å²) in [6, 6.07) is 6.64. The van der Waals surface area contributed by atoms with Crippen molar-refractivity contribution in [3.05, 3.63) is 59.3 Å². The first-order valence-electron chi connectivity index (χ1n) is 8.21. The van der Waals surface area contributed by atoms with Gasteiger partial charge in [0.15, 0.2) is 0 Å². The molecule has 1 unspecified atom stereocenters. The van der Waals surface area contributed by atoms with Crippen molar-refractivity contribution < 1.29 is 17.9 Å². The molecule has 1 aliphatic carbocycles. The minimum atomic E-state index is -3.79. The van der Waals surface area contributed by atoms with Crippen LogP contribution in [0.15, 0.2) is 58.7 Å². The molecule has 0 fully saturated rings. The second-order valence-corrected chi connectivity index (χ2v) is 8.64. The molecule has 1 aromatic rings. The standard InChI is InChI=1S/C19H20ClNO4S/c1-14-7-9-19(13-22,10-8-14)18-17(25-12-11-20)15-5-3-4-6-16(15)26(23,24)21(18)2/h3-9,13H,10-12H2,1-2H3. The molecule has 2 aliphatic rings. The van der Waals surface area contributed by atoms with Crippen LogP contribution in [0.5, 0.6) is 0 Å². The molecule has 7 heteroatoms. The van der Waals surface area contributed by atoms with E-state index in [0.29, 0.717) is 23.4 Å². The van der Waals surface area contributed by atoms with Gasteiger partial charge in [-0.2, -0.15) is 0 Å². The Balaban J connectivity index is 2.32. The number of allylic oxidation sites excluding steroid dienone is 4. The van der Waals surface area contributed by atoms with Gasteiger partial charge in [-0.3, -0.25) is 4.31 Å². The number of hydrogen-bond donors (Lipinski definition) is 0. The van der Waals surface area contributed by atoms with Gasteiger partial charge in [0, 0.05) is 12.6 Å². The molecule has 0 N–H and O–H groups in total. The van der Waals surface area contributed by atoms with Crippen molar-refractivity contribution in [2.45, 2.75) is 18.2 Å². The molecule has 3 rings (SSSR count). The third-order valence-corrected chi connectivity index (χ3v) is 6.65. The first kappa shape index (κ1) is 18.7. The largest absolute Gasteiger partial charge is 0.490 e. The summed E-state index contributed by atoms with van der Waals surface area (Å²) in [7, 11) is -2.34. The number of hydrogen-bond acceptors (Lipinski definition) is 4. The Morgan fingerprint density at radius 2 is 2.08 bits per heavy atom. The number of alkyl halides is 1. The molecular formula is C19H20ClNO4S. The Bertz CT molecular complexity index is 933. The van der Waals surface area contributed by atoms with Gasteiger partial charge in [-0.15, -0.1) is 11.6 Å². The molecule has 26 heavy (non-hydrogen) atoms. The Kier molecular flexibility index (Phi) is 4.99. The van der Waals surface area contributed by atoms with Crippen molar-refractivity contribution in [1.82, 2.24) is 4.31 Å². The highest BCUT2D eigenvalue weighted by Gasteiger charge is 2.45. The number of benzene rings is 1. The summed E-state index contributed by atoms with van der Waals surface area (Å²) in [5, 5.41) is 0. The van der Waals surface area contributed by atoms with Crippen molar-refractivity contribution in [2.75, 3.05) is 19.5 Å². The Morgan fingerprint density at radius 1 is 1.35 bits per heavy atom. The molecule has 1 aliphatic heterocycles. The second-order valence-electron chi connectivity index (χ2n) is 6.33. The maximum atomic E-state index is 13.1. The van der Waals surface area contributed by atoms with Crippen molar-refractivity contribution in [3.63, 3.8) is 0 Å². The van der Waals surface area contributed by atoms with E-state index in [4.69, 9.17) is 16.3 Å². The van der Waals surface area contributed by atoms with E-state index in [2.05, 4.69) is 0 Å². The van der Waals surface area contributed by atoms with Crippen LogP contribution in [-0.4, -0.2) is 38.5 Å². The van der Waals surface area contributed by atoms with Crippen LogP contribution < -0.4 is 0 Å². The van der Waals surface area contributed by atoms with Crippen LogP contribution in [-0.2, 0) is 19.6 Å². The van der Waals surface area contributed by atoms with Gasteiger partial charge in [0.2, 0.25) is 0 Å². The molecule has 0 saturated carbocycles. The third kappa shape index (κ3) is 2.87. The Hall–Kier alpha value is -2.05. The number of aldehydes is 1. The fourth-order valence-electron chi connectivity index (χ4n) is 3.27.